The van der Waals surface area contributed by atoms with E-state index in [1.54, 1.807) is 42.3 Å². The fourth-order valence-corrected chi connectivity index (χ4v) is 1.85. The molecule has 2 rings (SSSR count). The summed E-state index contributed by atoms with van der Waals surface area (Å²) in [6.07, 6.45) is 3.58. The second-order valence-corrected chi connectivity index (χ2v) is 4.67. The van der Waals surface area contributed by atoms with Gasteiger partial charge in [-0.3, -0.25) is 9.48 Å². The molecule has 2 N–H and O–H groups in total. The molecule has 0 saturated heterocycles. The number of hydrogen-bond acceptors (Lipinski definition) is 4. The zero-order chi connectivity index (χ0) is 15.2. The lowest BCUT2D eigenvalue weighted by molar-refractivity contribution is -0.116. The highest BCUT2D eigenvalue weighted by atomic mass is 16.5. The molecule has 2 aromatic rings. The molecule has 0 aliphatic heterocycles. The van der Waals surface area contributed by atoms with Gasteiger partial charge in [0.15, 0.2) is 0 Å². The Kier molecular flexibility index (Phi) is 4.81. The van der Waals surface area contributed by atoms with E-state index in [9.17, 15) is 4.79 Å². The van der Waals surface area contributed by atoms with E-state index in [0.29, 0.717) is 0 Å². The maximum atomic E-state index is 12.1. The summed E-state index contributed by atoms with van der Waals surface area (Å²) in [4.78, 5) is 12.1. The third-order valence-electron chi connectivity index (χ3n) is 3.09. The summed E-state index contributed by atoms with van der Waals surface area (Å²) in [5.41, 5.74) is 1.56. The third kappa shape index (κ3) is 3.98. The normalized spacial score (nSPS) is 11.8. The second kappa shape index (κ2) is 6.78. The zero-order valence-electron chi connectivity index (χ0n) is 12.5. The van der Waals surface area contributed by atoms with E-state index in [-0.39, 0.29) is 11.9 Å². The largest absolute Gasteiger partial charge is 0.497 e. The molecule has 6 nitrogen and oxygen atoms in total. The summed E-state index contributed by atoms with van der Waals surface area (Å²) in [5.74, 6) is 0.649. The SMILES string of the molecule is CCn1cc(N[C@@H](C)C(=O)Nc2ccc(OC)cc2)cn1. The van der Waals surface area contributed by atoms with E-state index < -0.39 is 0 Å². The molecule has 0 unspecified atom stereocenters. The first-order valence-corrected chi connectivity index (χ1v) is 6.86. The first-order valence-electron chi connectivity index (χ1n) is 6.86. The summed E-state index contributed by atoms with van der Waals surface area (Å²) in [6, 6.07) is 6.86. The number of rotatable bonds is 6. The number of methoxy groups -OCH3 is 1. The van der Waals surface area contributed by atoms with Crippen molar-refractivity contribution in [3.63, 3.8) is 0 Å². The molecule has 1 heterocycles. The van der Waals surface area contributed by atoms with Crippen LogP contribution in [0.3, 0.4) is 0 Å². The van der Waals surface area contributed by atoms with Crippen molar-refractivity contribution < 1.29 is 9.53 Å². The van der Waals surface area contributed by atoms with Crippen molar-refractivity contribution in [2.45, 2.75) is 26.4 Å². The van der Waals surface area contributed by atoms with Crippen molar-refractivity contribution in [2.75, 3.05) is 17.7 Å². The molecule has 0 radical (unpaired) electrons. The van der Waals surface area contributed by atoms with Crippen LogP contribution in [0.25, 0.3) is 0 Å². The molecule has 21 heavy (non-hydrogen) atoms. The molecule has 0 aliphatic carbocycles. The van der Waals surface area contributed by atoms with Crippen molar-refractivity contribution >= 4 is 17.3 Å². The first kappa shape index (κ1) is 14.9. The van der Waals surface area contributed by atoms with Crippen molar-refractivity contribution in [3.8, 4) is 5.75 Å². The van der Waals surface area contributed by atoms with E-state index in [1.807, 2.05) is 20.0 Å². The Balaban J connectivity index is 1.92. The quantitative estimate of drug-likeness (QED) is 0.856. The fourth-order valence-electron chi connectivity index (χ4n) is 1.85. The van der Waals surface area contributed by atoms with Gasteiger partial charge >= 0.3 is 0 Å². The highest BCUT2D eigenvalue weighted by molar-refractivity contribution is 5.96. The molecule has 1 aromatic heterocycles. The van der Waals surface area contributed by atoms with Crippen LogP contribution in [-0.4, -0.2) is 28.8 Å². The molecule has 0 spiro atoms. The van der Waals surface area contributed by atoms with Gasteiger partial charge in [0.1, 0.15) is 11.8 Å². The predicted molar refractivity (Wildman–Crippen MR) is 82.6 cm³/mol. The summed E-state index contributed by atoms with van der Waals surface area (Å²) in [7, 11) is 1.61. The van der Waals surface area contributed by atoms with Crippen LogP contribution in [0.5, 0.6) is 5.75 Å². The molecule has 1 aromatic carbocycles. The van der Waals surface area contributed by atoms with Crippen molar-refractivity contribution in [1.29, 1.82) is 0 Å². The van der Waals surface area contributed by atoms with Crippen LogP contribution in [0.4, 0.5) is 11.4 Å². The molecule has 1 amide bonds. The number of amides is 1. The average Bonchev–Trinajstić information content (AvgIpc) is 2.95. The maximum absolute atomic E-state index is 12.1. The number of nitrogens with zero attached hydrogens (tertiary/aromatic N) is 2. The number of aryl methyl sites for hydroxylation is 1. The number of carbonyl (C=O) groups is 1. The number of aromatic nitrogens is 2. The molecule has 0 bridgehead atoms. The van der Waals surface area contributed by atoms with E-state index in [4.69, 9.17) is 4.74 Å². The Morgan fingerprint density at radius 1 is 1.33 bits per heavy atom. The first-order chi connectivity index (χ1) is 10.1. The third-order valence-corrected chi connectivity index (χ3v) is 3.09. The van der Waals surface area contributed by atoms with Gasteiger partial charge in [0.25, 0.3) is 0 Å². The van der Waals surface area contributed by atoms with Crippen LogP contribution in [0.15, 0.2) is 36.7 Å². The number of carbonyl (C=O) groups excluding carboxylic acids is 1. The Labute approximate surface area is 124 Å². The summed E-state index contributed by atoms with van der Waals surface area (Å²) in [6.45, 7) is 4.62. The van der Waals surface area contributed by atoms with E-state index in [1.165, 1.54) is 0 Å². The molecule has 0 fully saturated rings. The van der Waals surface area contributed by atoms with Crippen molar-refractivity contribution in [3.05, 3.63) is 36.7 Å². The van der Waals surface area contributed by atoms with Crippen LogP contribution in [0.1, 0.15) is 13.8 Å². The van der Waals surface area contributed by atoms with E-state index in [2.05, 4.69) is 15.7 Å². The number of nitrogens with one attached hydrogen (secondary N) is 2. The Morgan fingerprint density at radius 2 is 2.05 bits per heavy atom. The van der Waals surface area contributed by atoms with E-state index >= 15 is 0 Å². The van der Waals surface area contributed by atoms with Gasteiger partial charge in [0, 0.05) is 18.4 Å². The average molecular weight is 288 g/mol. The molecular formula is C15H20N4O2. The Bertz CT molecular complexity index is 592. The summed E-state index contributed by atoms with van der Waals surface area (Å²) in [5, 5.41) is 10.1. The standard InChI is InChI=1S/C15H20N4O2/c1-4-19-10-13(9-16-19)17-11(2)15(20)18-12-5-7-14(21-3)8-6-12/h5-11,17H,4H2,1-3H3,(H,18,20)/t11-/m0/s1. The summed E-state index contributed by atoms with van der Waals surface area (Å²) < 4.78 is 6.88. The molecular weight excluding hydrogens is 268 g/mol. The van der Waals surface area contributed by atoms with Crippen molar-refractivity contribution in [1.82, 2.24) is 9.78 Å². The molecule has 1 atom stereocenters. The minimum Gasteiger partial charge on any atom is -0.497 e. The van der Waals surface area contributed by atoms with Crippen LogP contribution in [0.2, 0.25) is 0 Å². The Hall–Kier alpha value is -2.50. The van der Waals surface area contributed by atoms with Gasteiger partial charge in [0.05, 0.1) is 19.0 Å². The number of ether oxygens (including phenoxy) is 1. The number of hydrogen-bond donors (Lipinski definition) is 2. The monoisotopic (exact) mass is 288 g/mol. The minimum absolute atomic E-state index is 0.107. The Morgan fingerprint density at radius 3 is 2.62 bits per heavy atom. The van der Waals surface area contributed by atoms with Crippen LogP contribution in [-0.2, 0) is 11.3 Å². The molecule has 0 aliphatic rings. The van der Waals surface area contributed by atoms with Crippen molar-refractivity contribution in [2.24, 2.45) is 0 Å². The number of benzene rings is 1. The topological polar surface area (TPSA) is 68.2 Å². The zero-order valence-corrected chi connectivity index (χ0v) is 12.5. The van der Waals surface area contributed by atoms with Crippen LogP contribution < -0.4 is 15.4 Å². The smallest absolute Gasteiger partial charge is 0.246 e. The number of anilines is 2. The van der Waals surface area contributed by atoms with Crippen LogP contribution >= 0.6 is 0 Å². The van der Waals surface area contributed by atoms with Crippen LogP contribution in [0, 0.1) is 0 Å². The highest BCUT2D eigenvalue weighted by Gasteiger charge is 2.13. The second-order valence-electron chi connectivity index (χ2n) is 4.67. The highest BCUT2D eigenvalue weighted by Crippen LogP contribution is 2.15. The molecule has 6 heteroatoms. The van der Waals surface area contributed by atoms with Gasteiger partial charge in [-0.15, -0.1) is 0 Å². The lowest BCUT2D eigenvalue weighted by Crippen LogP contribution is -2.31. The van der Waals surface area contributed by atoms with Gasteiger partial charge in [-0.1, -0.05) is 0 Å². The lowest BCUT2D eigenvalue weighted by Gasteiger charge is -2.14. The maximum Gasteiger partial charge on any atom is 0.246 e. The molecule has 0 saturated carbocycles. The van der Waals surface area contributed by atoms with Gasteiger partial charge in [0.2, 0.25) is 5.91 Å². The van der Waals surface area contributed by atoms with E-state index in [0.717, 1.165) is 23.7 Å². The van der Waals surface area contributed by atoms with Gasteiger partial charge in [-0.25, -0.2) is 0 Å². The lowest BCUT2D eigenvalue weighted by atomic mass is 10.2. The predicted octanol–water partition coefficient (Wildman–Crippen LogP) is 2.35. The van der Waals surface area contributed by atoms with Gasteiger partial charge in [-0.05, 0) is 38.1 Å². The minimum atomic E-state index is -0.360. The van der Waals surface area contributed by atoms with Gasteiger partial charge in [-0.2, -0.15) is 5.10 Å². The fraction of sp³-hybridized carbons (Fsp3) is 0.333. The molecule has 112 valence electrons. The summed E-state index contributed by atoms with van der Waals surface area (Å²) >= 11 is 0. The van der Waals surface area contributed by atoms with Gasteiger partial charge < -0.3 is 15.4 Å².